The standard InChI is InChI=1S/C14H19FN2O2/c1-16-7-2-8-17(10-13(16)9-14(18)19)12-5-3-11(15)4-6-12/h3-6,13H,2,7-10H2,1H3,(H,18,19). The van der Waals surface area contributed by atoms with Gasteiger partial charge in [-0.25, -0.2) is 4.39 Å². The van der Waals surface area contributed by atoms with E-state index < -0.39 is 5.97 Å². The number of carboxylic acid groups (broad SMARTS) is 1. The van der Waals surface area contributed by atoms with E-state index in [0.717, 1.165) is 25.2 Å². The van der Waals surface area contributed by atoms with Crippen molar-refractivity contribution in [2.24, 2.45) is 0 Å². The van der Waals surface area contributed by atoms with Gasteiger partial charge in [0.15, 0.2) is 0 Å². The highest BCUT2D eigenvalue weighted by Crippen LogP contribution is 2.20. The number of hydrogen-bond donors (Lipinski definition) is 1. The summed E-state index contributed by atoms with van der Waals surface area (Å²) in [5.41, 5.74) is 0.951. The summed E-state index contributed by atoms with van der Waals surface area (Å²) in [6.07, 6.45) is 1.11. The van der Waals surface area contributed by atoms with Gasteiger partial charge < -0.3 is 14.9 Å². The van der Waals surface area contributed by atoms with Crippen LogP contribution in [0, 0.1) is 5.82 Å². The van der Waals surface area contributed by atoms with Crippen LogP contribution in [-0.2, 0) is 4.79 Å². The summed E-state index contributed by atoms with van der Waals surface area (Å²) in [4.78, 5) is 15.1. The van der Waals surface area contributed by atoms with Crippen molar-refractivity contribution < 1.29 is 14.3 Å². The predicted octanol–water partition coefficient (Wildman–Crippen LogP) is 1.81. The second-order valence-electron chi connectivity index (χ2n) is 5.01. The largest absolute Gasteiger partial charge is 0.481 e. The minimum Gasteiger partial charge on any atom is -0.481 e. The van der Waals surface area contributed by atoms with Crippen LogP contribution in [0.1, 0.15) is 12.8 Å². The lowest BCUT2D eigenvalue weighted by Crippen LogP contribution is -2.40. The van der Waals surface area contributed by atoms with Gasteiger partial charge >= 0.3 is 5.97 Å². The van der Waals surface area contributed by atoms with Crippen LogP contribution in [0.2, 0.25) is 0 Å². The van der Waals surface area contributed by atoms with Gasteiger partial charge in [-0.15, -0.1) is 0 Å². The summed E-state index contributed by atoms with van der Waals surface area (Å²) in [6, 6.07) is 6.37. The van der Waals surface area contributed by atoms with Crippen molar-refractivity contribution in [1.82, 2.24) is 4.90 Å². The molecule has 2 rings (SSSR count). The van der Waals surface area contributed by atoms with Crippen LogP contribution >= 0.6 is 0 Å². The van der Waals surface area contributed by atoms with E-state index >= 15 is 0 Å². The van der Waals surface area contributed by atoms with E-state index in [9.17, 15) is 9.18 Å². The van der Waals surface area contributed by atoms with Crippen LogP contribution in [0.4, 0.5) is 10.1 Å². The number of benzene rings is 1. The van der Waals surface area contributed by atoms with Crippen molar-refractivity contribution >= 4 is 11.7 Å². The topological polar surface area (TPSA) is 43.8 Å². The van der Waals surface area contributed by atoms with E-state index in [1.165, 1.54) is 12.1 Å². The molecule has 1 fully saturated rings. The normalized spacial score (nSPS) is 21.2. The first-order valence-electron chi connectivity index (χ1n) is 6.49. The van der Waals surface area contributed by atoms with Crippen molar-refractivity contribution in [1.29, 1.82) is 0 Å². The number of carbonyl (C=O) groups is 1. The van der Waals surface area contributed by atoms with E-state index in [4.69, 9.17) is 5.11 Å². The average Bonchev–Trinajstić information content (AvgIpc) is 2.53. The van der Waals surface area contributed by atoms with Gasteiger partial charge in [-0.05, 0) is 44.3 Å². The molecule has 0 bridgehead atoms. The third-order valence-corrected chi connectivity index (χ3v) is 3.60. The summed E-state index contributed by atoms with van der Waals surface area (Å²) >= 11 is 0. The average molecular weight is 266 g/mol. The maximum absolute atomic E-state index is 12.9. The first-order valence-corrected chi connectivity index (χ1v) is 6.49. The molecule has 4 nitrogen and oxygen atoms in total. The lowest BCUT2D eigenvalue weighted by molar-refractivity contribution is -0.138. The Bertz CT molecular complexity index is 436. The van der Waals surface area contributed by atoms with E-state index in [0.29, 0.717) is 6.54 Å². The molecule has 0 saturated carbocycles. The molecule has 1 aliphatic rings. The number of hydrogen-bond acceptors (Lipinski definition) is 3. The van der Waals surface area contributed by atoms with E-state index in [-0.39, 0.29) is 18.3 Å². The molecule has 1 unspecified atom stereocenters. The van der Waals surface area contributed by atoms with Gasteiger partial charge in [-0.2, -0.15) is 0 Å². The van der Waals surface area contributed by atoms with Gasteiger partial charge in [-0.3, -0.25) is 4.79 Å². The molecule has 5 heteroatoms. The third-order valence-electron chi connectivity index (χ3n) is 3.60. The fourth-order valence-electron chi connectivity index (χ4n) is 2.49. The van der Waals surface area contributed by atoms with Crippen molar-refractivity contribution in [2.45, 2.75) is 18.9 Å². The third kappa shape index (κ3) is 3.67. The van der Waals surface area contributed by atoms with Gasteiger partial charge in [0, 0.05) is 24.8 Å². The zero-order chi connectivity index (χ0) is 13.8. The van der Waals surface area contributed by atoms with Gasteiger partial charge in [0.2, 0.25) is 0 Å². The lowest BCUT2D eigenvalue weighted by Gasteiger charge is -2.29. The highest BCUT2D eigenvalue weighted by molar-refractivity contribution is 5.67. The maximum atomic E-state index is 12.9. The predicted molar refractivity (Wildman–Crippen MR) is 71.9 cm³/mol. The van der Waals surface area contributed by atoms with Gasteiger partial charge in [0.05, 0.1) is 6.42 Å². The first-order chi connectivity index (χ1) is 9.06. The minimum atomic E-state index is -0.780. The number of carboxylic acids is 1. The Kier molecular flexibility index (Phi) is 4.37. The molecule has 1 aromatic rings. The molecule has 1 aliphatic heterocycles. The number of likely N-dealkylation sites (N-methyl/N-ethyl adjacent to an activating group) is 1. The summed E-state index contributed by atoms with van der Waals surface area (Å²) in [5.74, 6) is -1.03. The zero-order valence-electron chi connectivity index (χ0n) is 11.1. The van der Waals surface area contributed by atoms with E-state index in [2.05, 4.69) is 9.80 Å². The Hall–Kier alpha value is -1.62. The fourth-order valence-corrected chi connectivity index (χ4v) is 2.49. The smallest absolute Gasteiger partial charge is 0.305 e. The molecule has 19 heavy (non-hydrogen) atoms. The maximum Gasteiger partial charge on any atom is 0.305 e. The molecule has 0 amide bonds. The summed E-state index contributed by atoms with van der Waals surface area (Å²) in [6.45, 7) is 2.41. The Balaban J connectivity index is 2.12. The van der Waals surface area contributed by atoms with Crippen LogP contribution in [0.15, 0.2) is 24.3 Å². The van der Waals surface area contributed by atoms with Crippen molar-refractivity contribution in [3.05, 3.63) is 30.1 Å². The molecule has 0 spiro atoms. The molecule has 104 valence electrons. The summed E-state index contributed by atoms with van der Waals surface area (Å²) in [5, 5.41) is 8.97. The van der Waals surface area contributed by atoms with Crippen LogP contribution < -0.4 is 4.90 Å². The van der Waals surface area contributed by atoms with E-state index in [1.54, 1.807) is 12.1 Å². The fraction of sp³-hybridized carbons (Fsp3) is 0.500. The van der Waals surface area contributed by atoms with Crippen molar-refractivity contribution in [3.8, 4) is 0 Å². The number of anilines is 1. The van der Waals surface area contributed by atoms with Crippen LogP contribution in [0.25, 0.3) is 0 Å². The Morgan fingerprint density at radius 3 is 2.68 bits per heavy atom. The molecule has 1 atom stereocenters. The first kappa shape index (κ1) is 13.8. The zero-order valence-corrected chi connectivity index (χ0v) is 11.1. The second kappa shape index (κ2) is 6.02. The molecule has 0 aliphatic carbocycles. The van der Waals surface area contributed by atoms with Gasteiger partial charge in [0.1, 0.15) is 5.82 Å². The van der Waals surface area contributed by atoms with Crippen molar-refractivity contribution in [2.75, 3.05) is 31.6 Å². The van der Waals surface area contributed by atoms with Gasteiger partial charge in [-0.1, -0.05) is 0 Å². The SMILES string of the molecule is CN1CCCN(c2ccc(F)cc2)CC1CC(=O)O. The Morgan fingerprint density at radius 1 is 1.37 bits per heavy atom. The second-order valence-corrected chi connectivity index (χ2v) is 5.01. The Labute approximate surface area is 112 Å². The highest BCUT2D eigenvalue weighted by atomic mass is 19.1. The van der Waals surface area contributed by atoms with Crippen LogP contribution in [0.5, 0.6) is 0 Å². The number of aliphatic carboxylic acids is 1. The lowest BCUT2D eigenvalue weighted by atomic mass is 10.1. The van der Waals surface area contributed by atoms with Crippen LogP contribution in [-0.4, -0.2) is 48.7 Å². The number of halogens is 1. The molecule has 1 aromatic carbocycles. The summed E-state index contributed by atoms with van der Waals surface area (Å²) in [7, 11) is 1.96. The summed E-state index contributed by atoms with van der Waals surface area (Å²) < 4.78 is 12.9. The minimum absolute atomic E-state index is 0.00921. The molecular formula is C14H19FN2O2. The molecule has 0 radical (unpaired) electrons. The Morgan fingerprint density at radius 2 is 2.05 bits per heavy atom. The quantitative estimate of drug-likeness (QED) is 0.906. The molecule has 1 N–H and O–H groups in total. The van der Waals surface area contributed by atoms with E-state index in [1.807, 2.05) is 7.05 Å². The number of nitrogens with zero attached hydrogens (tertiary/aromatic N) is 2. The van der Waals surface area contributed by atoms with Gasteiger partial charge in [0.25, 0.3) is 0 Å². The monoisotopic (exact) mass is 266 g/mol. The molecule has 0 aromatic heterocycles. The highest BCUT2D eigenvalue weighted by Gasteiger charge is 2.24. The van der Waals surface area contributed by atoms with Crippen LogP contribution in [0.3, 0.4) is 0 Å². The molecular weight excluding hydrogens is 247 g/mol. The molecule has 1 heterocycles. The van der Waals surface area contributed by atoms with Crippen molar-refractivity contribution in [3.63, 3.8) is 0 Å². The molecule has 1 saturated heterocycles. The number of rotatable bonds is 3.